The van der Waals surface area contributed by atoms with Gasteiger partial charge in [-0.25, -0.2) is 16.8 Å². The topological polar surface area (TPSA) is 312 Å². The number of sulfonamides is 1. The maximum absolute atomic E-state index is 13.0. The molecule has 0 radical (unpaired) electrons. The molecule has 0 spiro atoms. The van der Waals surface area contributed by atoms with Gasteiger partial charge in [0, 0.05) is 89.1 Å². The van der Waals surface area contributed by atoms with Gasteiger partial charge in [-0.1, -0.05) is 160 Å². The summed E-state index contributed by atoms with van der Waals surface area (Å²) in [6, 6.07) is 40.7. The number of hydrogen-bond acceptors (Lipinski definition) is 13. The van der Waals surface area contributed by atoms with Crippen LogP contribution in [0.5, 0.6) is 0 Å². The third kappa shape index (κ3) is 31.6. The van der Waals surface area contributed by atoms with Gasteiger partial charge in [-0.05, 0) is 121 Å². The fraction of sp³-hybridized carbons (Fsp3) is 0.455. The van der Waals surface area contributed by atoms with Crippen LogP contribution in [-0.2, 0) is 43.1 Å². The van der Waals surface area contributed by atoms with Gasteiger partial charge in [0.15, 0.2) is 0 Å². The molecule has 1 aliphatic heterocycles. The highest BCUT2D eigenvalue weighted by Crippen LogP contribution is 2.22. The number of nitrogen functional groups attached to an aromatic ring is 1. The molecule has 6 rings (SSSR count). The summed E-state index contributed by atoms with van der Waals surface area (Å²) in [5, 5.41) is 31.3. The average Bonchev–Trinajstić information content (AvgIpc) is 4.26. The van der Waals surface area contributed by atoms with E-state index in [-0.39, 0.29) is 34.4 Å². The summed E-state index contributed by atoms with van der Waals surface area (Å²) in [4.78, 5) is 5.97. The monoisotopic (exact) mass is 1360 g/mol. The third-order valence-electron chi connectivity index (χ3n) is 11.2. The molecule has 0 aromatic heterocycles. The van der Waals surface area contributed by atoms with E-state index in [1.54, 1.807) is 24.3 Å². The van der Waals surface area contributed by atoms with Crippen LogP contribution >= 0.6 is 47.9 Å². The fourth-order valence-corrected chi connectivity index (χ4v) is 9.20. The molecule has 0 aliphatic carbocycles. The SMILES string of the molecule is CC(C)CN.CC(C)CN(C[C@@H](O)[C@@H](N)Cc1ccccc1)S(=O)(=O)c1ccc(N)cc1.CC(C)CNC[C@@H](O)[C@H](Cc1ccccc1)N=[N+]=[N-].Cc1ccc(S(=O)(=O)Cl)cc1.II.[N-]=[N+]=N[C@@H](Cc1ccccc1)[C@H]1CO1. The third-order valence-corrected chi connectivity index (χ3v) is 14.4. The van der Waals surface area contributed by atoms with Crippen molar-refractivity contribution in [2.24, 2.45) is 39.4 Å². The Labute approximate surface area is 491 Å². The zero-order chi connectivity index (χ0) is 58.7. The summed E-state index contributed by atoms with van der Waals surface area (Å²) in [6.45, 7) is 17.2. The number of nitrogens with one attached hydrogen (secondary N) is 1. The number of benzene rings is 5. The number of anilines is 1. The van der Waals surface area contributed by atoms with E-state index in [1.807, 2.05) is 112 Å². The molecule has 0 amide bonds. The van der Waals surface area contributed by atoms with Gasteiger partial charge in [-0.15, -0.1) is 0 Å². The van der Waals surface area contributed by atoms with Gasteiger partial charge >= 0.3 is 0 Å². The van der Waals surface area contributed by atoms with E-state index in [1.165, 1.54) is 34.1 Å². The summed E-state index contributed by atoms with van der Waals surface area (Å²) >= 11 is 4.24. The number of aliphatic hydroxyl groups is 2. The quantitative estimate of drug-likeness (QED) is 0.00679. The molecule has 18 nitrogen and oxygen atoms in total. The van der Waals surface area contributed by atoms with Crippen LogP contribution in [0.1, 0.15) is 63.8 Å². The standard InChI is InChI=1S/C20H29N3O3S.C14H22N4O.C10H11N3O.C7H7ClO2S.C4H11N.I2/c1-15(2)13-23(27(25,26)18-10-8-17(21)9-11-18)14-20(24)19(22)12-16-6-4-3-5-7-16;1-11(2)9-16-10-14(19)13(17-18-15)8-12-6-4-3-5-7-12;11-13-12-9(10-7-14-10)6-8-4-2-1-3-5-8;1-6-2-4-7(5-3-6)11(8,9)10;1-4(2)3-5;1-2/h3-11,15,19-20,24H,12-14,21-22H2,1-2H3;3-7,11,13-14,16,19H,8-10H2,1-2H3;1-5,9-10H,6-7H2;2-5H,1H3;4H,3,5H2,1-2H3;/t19-,20+;13-,14+;9-,10+;;;/m000.../s1. The first-order chi connectivity index (χ1) is 37.0. The van der Waals surface area contributed by atoms with E-state index in [9.17, 15) is 27.0 Å². The first-order valence-electron chi connectivity index (χ1n) is 25.4. The maximum atomic E-state index is 13.0. The van der Waals surface area contributed by atoms with E-state index in [0.717, 1.165) is 42.8 Å². The summed E-state index contributed by atoms with van der Waals surface area (Å²) in [7, 11) is -2.22. The van der Waals surface area contributed by atoms with Crippen LogP contribution in [0, 0.1) is 24.7 Å². The average molecular weight is 1360 g/mol. The summed E-state index contributed by atoms with van der Waals surface area (Å²) < 4.78 is 53.9. The molecule has 0 bridgehead atoms. The van der Waals surface area contributed by atoms with Crippen molar-refractivity contribution in [2.45, 2.75) is 114 Å². The Morgan fingerprint density at radius 1 is 0.679 bits per heavy atom. The van der Waals surface area contributed by atoms with E-state index >= 15 is 0 Å². The number of aliphatic hydroxyl groups excluding tert-OH is 2. The molecule has 1 heterocycles. The van der Waals surface area contributed by atoms with Crippen molar-refractivity contribution in [1.82, 2.24) is 9.62 Å². The lowest BCUT2D eigenvalue weighted by atomic mass is 10.0. The summed E-state index contributed by atoms with van der Waals surface area (Å²) in [6.07, 6.45) is 0.262. The van der Waals surface area contributed by atoms with Crippen LogP contribution in [0.25, 0.3) is 20.9 Å². The summed E-state index contributed by atoms with van der Waals surface area (Å²) in [5.74, 6) is 1.29. The van der Waals surface area contributed by atoms with Gasteiger partial charge in [0.1, 0.15) is 0 Å². The lowest BCUT2D eigenvalue weighted by Gasteiger charge is -2.28. The van der Waals surface area contributed by atoms with Gasteiger partial charge in [0.05, 0.1) is 46.8 Å². The number of ether oxygens (including phenoxy) is 1. The minimum absolute atomic E-state index is 0.0533. The number of halogens is 3. The Morgan fingerprint density at radius 3 is 1.54 bits per heavy atom. The van der Waals surface area contributed by atoms with E-state index in [4.69, 9.17) is 43.7 Å². The number of aryl methyl sites for hydroxylation is 1. The van der Waals surface area contributed by atoms with Crippen LogP contribution in [0.15, 0.2) is 160 Å². The predicted octanol–water partition coefficient (Wildman–Crippen LogP) is 11.0. The first kappa shape index (κ1) is 71.9. The predicted molar refractivity (Wildman–Crippen MR) is 334 cm³/mol. The zero-order valence-corrected chi connectivity index (χ0v) is 52.3. The number of nitrogens with zero attached hydrogens (tertiary/aromatic N) is 7. The van der Waals surface area contributed by atoms with Crippen LogP contribution in [0.3, 0.4) is 0 Å². The van der Waals surface area contributed by atoms with Crippen molar-refractivity contribution in [3.63, 3.8) is 0 Å². The van der Waals surface area contributed by atoms with Crippen LogP contribution in [0.4, 0.5) is 5.69 Å². The smallest absolute Gasteiger partial charge is 0.261 e. The second-order valence-corrected chi connectivity index (χ2v) is 24.0. The number of rotatable bonds is 23. The normalized spacial score (nSPS) is 14.5. The van der Waals surface area contributed by atoms with Crippen molar-refractivity contribution in [1.29, 1.82) is 0 Å². The lowest BCUT2D eigenvalue weighted by molar-refractivity contribution is 0.116. The van der Waals surface area contributed by atoms with Crippen LogP contribution in [0.2, 0.25) is 0 Å². The molecule has 5 aromatic carbocycles. The van der Waals surface area contributed by atoms with Gasteiger partial charge < -0.3 is 37.5 Å². The highest BCUT2D eigenvalue weighted by molar-refractivity contribution is 15.0. The van der Waals surface area contributed by atoms with Crippen molar-refractivity contribution in [3.05, 3.63) is 183 Å². The number of hydrogen-bond donors (Lipinski definition) is 6. The van der Waals surface area contributed by atoms with Crippen LogP contribution in [-0.4, -0.2) is 107 Å². The van der Waals surface area contributed by atoms with Gasteiger partial charge in [-0.2, -0.15) is 4.31 Å². The van der Waals surface area contributed by atoms with Crippen LogP contribution < -0.4 is 22.5 Å². The van der Waals surface area contributed by atoms with E-state index < -0.39 is 43.4 Å². The molecular weight excluding hydrogens is 1280 g/mol. The zero-order valence-electron chi connectivity index (χ0n) is 45.6. The van der Waals surface area contributed by atoms with Crippen molar-refractivity contribution in [2.75, 3.05) is 45.1 Å². The molecule has 430 valence electrons. The van der Waals surface area contributed by atoms with Gasteiger partial charge in [0.2, 0.25) is 10.0 Å². The van der Waals surface area contributed by atoms with E-state index in [2.05, 4.69) is 90.3 Å². The Morgan fingerprint density at radius 2 is 1.13 bits per heavy atom. The number of azide groups is 2. The van der Waals surface area contributed by atoms with E-state index in [0.29, 0.717) is 43.5 Å². The molecule has 6 atom stereocenters. The molecule has 0 saturated carbocycles. The van der Waals surface area contributed by atoms with Gasteiger partial charge in [0.25, 0.3) is 9.05 Å². The number of nitrogens with two attached hydrogens (primary N) is 3. The maximum Gasteiger partial charge on any atom is 0.261 e. The van der Waals surface area contributed by atoms with Crippen molar-refractivity contribution in [3.8, 4) is 0 Å². The fourth-order valence-electron chi connectivity index (χ4n) is 6.81. The Balaban J connectivity index is 0.000000522. The van der Waals surface area contributed by atoms with Gasteiger partial charge in [-0.3, -0.25) is 0 Å². The summed E-state index contributed by atoms with van der Waals surface area (Å²) in [5.41, 5.74) is 38.7. The Kier molecular flexibility index (Phi) is 37.0. The minimum atomic E-state index is -3.75. The lowest BCUT2D eigenvalue weighted by Crippen LogP contribution is -2.47. The minimum Gasteiger partial charge on any atom is -0.399 e. The molecule has 1 saturated heterocycles. The molecule has 9 N–H and O–H groups in total. The highest BCUT2D eigenvalue weighted by Gasteiger charge is 2.32. The molecule has 0 unspecified atom stereocenters. The first-order valence-corrected chi connectivity index (χ1v) is 35.4. The largest absolute Gasteiger partial charge is 0.399 e. The van der Waals surface area contributed by atoms with Crippen molar-refractivity contribution < 1.29 is 31.8 Å². The Hall–Kier alpha value is -4.11. The molecule has 23 heteroatoms. The molecular formula is C55H80ClI2N11O7S2. The molecule has 78 heavy (non-hydrogen) atoms. The Bertz CT molecular complexity index is 2690. The molecule has 1 fully saturated rings. The molecule has 5 aromatic rings. The second-order valence-electron chi connectivity index (χ2n) is 19.5. The van der Waals surface area contributed by atoms with Crippen molar-refractivity contribution >= 4 is 72.7 Å². The second kappa shape index (κ2) is 40.1. The highest BCUT2D eigenvalue weighted by atomic mass is 128. The molecule has 1 aliphatic rings. The number of epoxide rings is 1.